The number of rotatable bonds is 9. The van der Waals surface area contributed by atoms with Crippen LogP contribution in [0.5, 0.6) is 5.75 Å². The molecular formula is C25H27O5P. The summed E-state index contributed by atoms with van der Waals surface area (Å²) in [6.45, 7) is 4.12. The number of benzene rings is 3. The van der Waals surface area contributed by atoms with Gasteiger partial charge in [-0.3, -0.25) is 0 Å². The van der Waals surface area contributed by atoms with E-state index >= 15 is 0 Å². The van der Waals surface area contributed by atoms with E-state index in [2.05, 4.69) is 49.4 Å². The van der Waals surface area contributed by atoms with E-state index in [-0.39, 0.29) is 6.61 Å². The molecule has 0 aliphatic carbocycles. The van der Waals surface area contributed by atoms with Crippen molar-refractivity contribution in [2.45, 2.75) is 39.8 Å². The third-order valence-electron chi connectivity index (χ3n) is 5.32. The second-order valence-electron chi connectivity index (χ2n) is 7.47. The highest BCUT2D eigenvalue weighted by atomic mass is 31.2. The van der Waals surface area contributed by atoms with Crippen molar-refractivity contribution in [1.29, 1.82) is 0 Å². The van der Waals surface area contributed by atoms with Crippen LogP contribution in [0.25, 0.3) is 11.1 Å². The zero-order chi connectivity index (χ0) is 21.6. The largest absolute Gasteiger partial charge is 0.488 e. The molecule has 1 N–H and O–H groups in total. The normalized spacial score (nSPS) is 13.3. The summed E-state index contributed by atoms with van der Waals surface area (Å²) in [7, 11) is -0.416. The molecule has 0 amide bonds. The van der Waals surface area contributed by atoms with Crippen LogP contribution in [0.1, 0.15) is 34.7 Å². The predicted octanol–water partition coefficient (Wildman–Crippen LogP) is 5.91. The fourth-order valence-corrected chi connectivity index (χ4v) is 4.05. The molecule has 4 rings (SSSR count). The molecule has 162 valence electrons. The van der Waals surface area contributed by atoms with Crippen molar-refractivity contribution in [2.75, 3.05) is 7.11 Å². The first-order valence-corrected chi connectivity index (χ1v) is 11.5. The van der Waals surface area contributed by atoms with E-state index in [0.717, 1.165) is 34.4 Å². The number of fused-ring (bicyclic) bond motifs is 3. The molecule has 0 saturated heterocycles. The Morgan fingerprint density at radius 1 is 0.871 bits per heavy atom. The smallest absolute Gasteiger partial charge is 0.329 e. The van der Waals surface area contributed by atoms with E-state index in [4.69, 9.17) is 18.5 Å². The highest BCUT2D eigenvalue weighted by Crippen LogP contribution is 2.39. The van der Waals surface area contributed by atoms with Gasteiger partial charge in [-0.25, -0.2) is 0 Å². The minimum atomic E-state index is -1.83. The fraction of sp³-hybridized carbons (Fsp3) is 0.280. The van der Waals surface area contributed by atoms with Crippen LogP contribution in [0.4, 0.5) is 0 Å². The highest BCUT2D eigenvalue weighted by Gasteiger charge is 2.18. The third kappa shape index (κ3) is 5.51. The van der Waals surface area contributed by atoms with Gasteiger partial charge < -0.3 is 23.4 Å². The van der Waals surface area contributed by atoms with Gasteiger partial charge in [0.25, 0.3) is 0 Å². The zero-order valence-corrected chi connectivity index (χ0v) is 18.7. The van der Waals surface area contributed by atoms with E-state index in [1.165, 1.54) is 23.8 Å². The van der Waals surface area contributed by atoms with Gasteiger partial charge in [-0.05, 0) is 51.9 Å². The van der Waals surface area contributed by atoms with E-state index in [9.17, 15) is 4.89 Å². The van der Waals surface area contributed by atoms with Crippen LogP contribution in [0.15, 0.2) is 60.7 Å². The molecule has 1 heterocycles. The Labute approximate surface area is 184 Å². The van der Waals surface area contributed by atoms with E-state index < -0.39 is 8.60 Å². The van der Waals surface area contributed by atoms with Crippen LogP contribution in [0, 0.1) is 0 Å². The molecule has 0 fully saturated rings. The van der Waals surface area contributed by atoms with Gasteiger partial charge in [-0.1, -0.05) is 55.5 Å². The highest BCUT2D eigenvalue weighted by molar-refractivity contribution is 7.40. The summed E-state index contributed by atoms with van der Waals surface area (Å²) in [4.78, 5) is 9.44. The second kappa shape index (κ2) is 10.4. The van der Waals surface area contributed by atoms with Crippen LogP contribution in [0.3, 0.4) is 0 Å². The molecule has 1 unspecified atom stereocenters. The Kier molecular flexibility index (Phi) is 7.33. The maximum Gasteiger partial charge on any atom is 0.329 e. The minimum absolute atomic E-state index is 0.275. The molecule has 1 aliphatic heterocycles. The Morgan fingerprint density at radius 3 is 2.35 bits per heavy atom. The zero-order valence-electron chi connectivity index (χ0n) is 17.8. The summed E-state index contributed by atoms with van der Waals surface area (Å²) in [5.41, 5.74) is 7.99. The second-order valence-corrected chi connectivity index (χ2v) is 8.57. The molecule has 5 nitrogen and oxygen atoms in total. The van der Waals surface area contributed by atoms with Crippen molar-refractivity contribution in [3.8, 4) is 16.9 Å². The molecule has 0 spiro atoms. The number of hydrogen-bond donors (Lipinski definition) is 1. The quantitative estimate of drug-likeness (QED) is 0.421. The first kappa shape index (κ1) is 21.9. The number of hydrogen-bond acceptors (Lipinski definition) is 5. The Bertz CT molecular complexity index is 1040. The summed E-state index contributed by atoms with van der Waals surface area (Å²) in [6.07, 6.45) is 1.03. The topological polar surface area (TPSA) is 57.2 Å². The van der Waals surface area contributed by atoms with E-state index in [1.807, 2.05) is 18.2 Å². The van der Waals surface area contributed by atoms with E-state index in [1.54, 1.807) is 0 Å². The summed E-state index contributed by atoms with van der Waals surface area (Å²) >= 11 is 0. The van der Waals surface area contributed by atoms with E-state index in [0.29, 0.717) is 19.8 Å². The van der Waals surface area contributed by atoms with Gasteiger partial charge in [0.2, 0.25) is 0 Å². The van der Waals surface area contributed by atoms with Crippen molar-refractivity contribution < 1.29 is 23.4 Å². The van der Waals surface area contributed by atoms with Gasteiger partial charge in [0.15, 0.2) is 0 Å². The summed E-state index contributed by atoms with van der Waals surface area (Å²) < 4.78 is 22.0. The SMILES string of the molecule is CCc1cccc(COCc2ccc3c(c2)COc2cc(COP(O)OC)ccc2-3)c1. The monoisotopic (exact) mass is 438 g/mol. The average molecular weight is 438 g/mol. The van der Waals surface area contributed by atoms with Gasteiger partial charge in [0.05, 0.1) is 19.8 Å². The Hall–Kier alpha value is -2.27. The van der Waals surface area contributed by atoms with Gasteiger partial charge in [-0.15, -0.1) is 0 Å². The molecule has 0 radical (unpaired) electrons. The first-order valence-electron chi connectivity index (χ1n) is 10.4. The lowest BCUT2D eigenvalue weighted by atomic mass is 9.94. The van der Waals surface area contributed by atoms with Crippen molar-refractivity contribution >= 4 is 8.60 Å². The van der Waals surface area contributed by atoms with Crippen molar-refractivity contribution in [1.82, 2.24) is 0 Å². The molecule has 0 aromatic heterocycles. The summed E-state index contributed by atoms with van der Waals surface area (Å²) in [5.74, 6) is 0.827. The number of aryl methyl sites for hydroxylation is 1. The summed E-state index contributed by atoms with van der Waals surface area (Å²) in [5, 5.41) is 0. The molecule has 31 heavy (non-hydrogen) atoms. The molecule has 0 saturated carbocycles. The van der Waals surface area contributed by atoms with Gasteiger partial charge >= 0.3 is 8.60 Å². The van der Waals surface area contributed by atoms with Gasteiger partial charge in [0, 0.05) is 12.7 Å². The Morgan fingerprint density at radius 2 is 1.58 bits per heavy atom. The van der Waals surface area contributed by atoms with Crippen LogP contribution < -0.4 is 4.74 Å². The maximum atomic E-state index is 9.44. The molecule has 0 bridgehead atoms. The lowest BCUT2D eigenvalue weighted by Crippen LogP contribution is -2.07. The van der Waals surface area contributed by atoms with Gasteiger partial charge in [-0.2, -0.15) is 0 Å². The first-order chi connectivity index (χ1) is 15.2. The average Bonchev–Trinajstić information content (AvgIpc) is 2.82. The molecule has 3 aromatic rings. The van der Waals surface area contributed by atoms with Crippen LogP contribution >= 0.6 is 8.60 Å². The van der Waals surface area contributed by atoms with Crippen molar-refractivity contribution in [2.24, 2.45) is 0 Å². The van der Waals surface area contributed by atoms with Crippen LogP contribution in [-0.4, -0.2) is 12.0 Å². The van der Waals surface area contributed by atoms with Gasteiger partial charge in [0.1, 0.15) is 12.4 Å². The molecule has 6 heteroatoms. The predicted molar refractivity (Wildman–Crippen MR) is 121 cm³/mol. The summed E-state index contributed by atoms with van der Waals surface area (Å²) in [6, 6.07) is 20.9. The maximum absolute atomic E-state index is 9.44. The fourth-order valence-electron chi connectivity index (χ4n) is 3.68. The minimum Gasteiger partial charge on any atom is -0.488 e. The molecule has 1 atom stereocenters. The molecule has 3 aromatic carbocycles. The van der Waals surface area contributed by atoms with Crippen LogP contribution in [-0.2, 0) is 46.6 Å². The lowest BCUT2D eigenvalue weighted by molar-refractivity contribution is 0.107. The Balaban J connectivity index is 1.40. The number of ether oxygens (including phenoxy) is 2. The molecule has 1 aliphatic rings. The lowest BCUT2D eigenvalue weighted by Gasteiger charge is -2.22. The van der Waals surface area contributed by atoms with Crippen molar-refractivity contribution in [3.63, 3.8) is 0 Å². The third-order valence-corrected chi connectivity index (χ3v) is 5.99. The molecular weight excluding hydrogens is 411 g/mol. The standard InChI is InChI=1S/C25H27O5P/c1-3-18-5-4-6-19(11-18)14-28-15-20-7-9-23-22(12-20)17-29-25-13-21(8-10-24(23)25)16-30-31(26)27-2/h4-13,26H,3,14-17H2,1-2H3. The van der Waals surface area contributed by atoms with Crippen LogP contribution in [0.2, 0.25) is 0 Å². The van der Waals surface area contributed by atoms with Crippen molar-refractivity contribution in [3.05, 3.63) is 88.5 Å².